The van der Waals surface area contributed by atoms with Crippen LogP contribution < -0.4 is 5.32 Å². The Hall–Kier alpha value is -0.910. The lowest BCUT2D eigenvalue weighted by Gasteiger charge is -2.02. The summed E-state index contributed by atoms with van der Waals surface area (Å²) in [4.78, 5) is 0. The minimum Gasteiger partial charge on any atom is -0.389 e. The van der Waals surface area contributed by atoms with Gasteiger partial charge < -0.3 is 5.32 Å². The number of hydrogen-bond acceptors (Lipinski definition) is 1. The summed E-state index contributed by atoms with van der Waals surface area (Å²) in [5.74, 6) is 0.512. The molecule has 0 heterocycles. The Bertz CT molecular complexity index is 318. The van der Waals surface area contributed by atoms with E-state index >= 15 is 0 Å². The van der Waals surface area contributed by atoms with Crippen molar-refractivity contribution in [1.29, 1.82) is 0 Å². The minimum absolute atomic E-state index is 0.512. The van der Waals surface area contributed by atoms with Crippen molar-refractivity contribution in [1.82, 2.24) is 5.32 Å². The maximum atomic E-state index is 5.90. The highest BCUT2D eigenvalue weighted by molar-refractivity contribution is 6.19. The topological polar surface area (TPSA) is 12.0 Å². The monoisotopic (exact) mass is 239 g/mol. The molecule has 16 heavy (non-hydrogen) atoms. The molecule has 1 N–H and O–H groups in total. The Balaban J connectivity index is 4.82. The van der Waals surface area contributed by atoms with Gasteiger partial charge in [0.15, 0.2) is 0 Å². The first-order chi connectivity index (χ1) is 7.69. The molecule has 0 fully saturated rings. The number of nitrogens with one attached hydrogen (secondary N) is 1. The number of alkyl halides is 1. The maximum Gasteiger partial charge on any atom is 0.0550 e. The van der Waals surface area contributed by atoms with Gasteiger partial charge in [-0.1, -0.05) is 13.0 Å². The number of halogens is 1. The van der Waals surface area contributed by atoms with Crippen molar-refractivity contribution in [2.75, 3.05) is 12.4 Å². The fourth-order valence-electron chi connectivity index (χ4n) is 1.41. The van der Waals surface area contributed by atoms with Crippen LogP contribution in [0.2, 0.25) is 0 Å². The summed E-state index contributed by atoms with van der Waals surface area (Å²) in [5, 5.41) is 3.23. The quantitative estimate of drug-likeness (QED) is 0.417. The molecule has 0 atom stereocenters. The molecule has 1 nitrogen and oxygen atoms in total. The molecular weight excluding hydrogens is 218 g/mol. The van der Waals surface area contributed by atoms with E-state index in [-0.39, 0.29) is 0 Å². The van der Waals surface area contributed by atoms with Crippen LogP contribution >= 0.6 is 11.6 Å². The molecule has 0 saturated heterocycles. The Labute approximate surface area is 105 Å². The molecular formula is C14H22ClN. The lowest BCUT2D eigenvalue weighted by Crippen LogP contribution is -2.08. The Morgan fingerprint density at radius 3 is 2.50 bits per heavy atom. The van der Waals surface area contributed by atoms with Crippen molar-refractivity contribution in [3.05, 3.63) is 40.8 Å². The van der Waals surface area contributed by atoms with Gasteiger partial charge in [0.1, 0.15) is 0 Å². The van der Waals surface area contributed by atoms with E-state index in [4.69, 9.17) is 11.6 Å². The Kier molecular flexibility index (Phi) is 8.80. The van der Waals surface area contributed by atoms with Gasteiger partial charge in [-0.25, -0.2) is 0 Å². The lowest BCUT2D eigenvalue weighted by atomic mass is 10.1. The molecule has 0 bridgehead atoms. The number of hydrogen-bond donors (Lipinski definition) is 1. The molecule has 90 valence electrons. The van der Waals surface area contributed by atoms with Crippen LogP contribution in [0.3, 0.4) is 0 Å². The van der Waals surface area contributed by atoms with E-state index in [1.165, 1.54) is 5.57 Å². The summed E-state index contributed by atoms with van der Waals surface area (Å²) in [6, 6.07) is 0. The van der Waals surface area contributed by atoms with Crippen molar-refractivity contribution < 1.29 is 0 Å². The smallest absolute Gasteiger partial charge is 0.0550 e. The maximum absolute atomic E-state index is 5.90. The minimum atomic E-state index is 0.512. The van der Waals surface area contributed by atoms with Crippen LogP contribution in [-0.2, 0) is 0 Å². The Morgan fingerprint density at radius 1 is 1.38 bits per heavy atom. The summed E-state index contributed by atoms with van der Waals surface area (Å²) in [6.07, 6.45) is 7.03. The van der Waals surface area contributed by atoms with Gasteiger partial charge in [0.25, 0.3) is 0 Å². The van der Waals surface area contributed by atoms with Crippen molar-refractivity contribution in [2.45, 2.75) is 34.1 Å². The fraction of sp³-hybridized carbons (Fsp3) is 0.500. The second-order valence-electron chi connectivity index (χ2n) is 3.47. The summed E-state index contributed by atoms with van der Waals surface area (Å²) in [6.45, 7) is 9.22. The predicted octanol–water partition coefficient (Wildman–Crippen LogP) is 4.18. The van der Waals surface area contributed by atoms with E-state index in [1.807, 2.05) is 26.0 Å². The predicted molar refractivity (Wildman–Crippen MR) is 73.8 cm³/mol. The summed E-state index contributed by atoms with van der Waals surface area (Å²) >= 11 is 5.90. The molecule has 0 unspecified atom stereocenters. The van der Waals surface area contributed by atoms with Crippen LogP contribution in [0.1, 0.15) is 34.1 Å². The molecule has 2 heteroatoms. The first kappa shape index (κ1) is 15.1. The highest BCUT2D eigenvalue weighted by Gasteiger charge is 1.98. The largest absolute Gasteiger partial charge is 0.389 e. The van der Waals surface area contributed by atoms with Gasteiger partial charge in [-0.3, -0.25) is 0 Å². The second kappa shape index (κ2) is 9.33. The fourth-order valence-corrected chi connectivity index (χ4v) is 1.66. The van der Waals surface area contributed by atoms with Gasteiger partial charge in [0.2, 0.25) is 0 Å². The molecule has 0 spiro atoms. The van der Waals surface area contributed by atoms with E-state index < -0.39 is 0 Å². The number of rotatable bonds is 6. The van der Waals surface area contributed by atoms with E-state index in [0.717, 1.165) is 24.2 Å². The van der Waals surface area contributed by atoms with E-state index in [0.29, 0.717) is 5.88 Å². The normalized spacial score (nSPS) is 12.1. The highest BCUT2D eigenvalue weighted by atomic mass is 35.5. The average Bonchev–Trinajstić information content (AvgIpc) is 2.28. The molecule has 0 aromatic heterocycles. The van der Waals surface area contributed by atoms with Crippen LogP contribution in [-0.4, -0.2) is 12.4 Å². The van der Waals surface area contributed by atoms with Crippen LogP contribution in [0.5, 0.6) is 0 Å². The van der Waals surface area contributed by atoms with Crippen molar-refractivity contribution in [2.24, 2.45) is 0 Å². The zero-order valence-corrected chi connectivity index (χ0v) is 11.5. The lowest BCUT2D eigenvalue weighted by molar-refractivity contribution is 0.854. The van der Waals surface area contributed by atoms with Crippen molar-refractivity contribution >= 4 is 11.6 Å². The summed E-state index contributed by atoms with van der Waals surface area (Å²) < 4.78 is 0. The van der Waals surface area contributed by atoms with E-state index in [9.17, 15) is 0 Å². The third kappa shape index (κ3) is 5.85. The molecule has 0 aliphatic carbocycles. The standard InChI is InChI=1S/C14H22ClN/c1-5-13(6-2)14(11-15)10-8-9-12(4)16-7-3/h5,8-9,16H,6-7,11H2,1-4H3/b12-9+,13-5-. The van der Waals surface area contributed by atoms with Crippen LogP contribution in [0.4, 0.5) is 0 Å². The van der Waals surface area contributed by atoms with Crippen LogP contribution in [0.25, 0.3) is 0 Å². The van der Waals surface area contributed by atoms with Gasteiger partial charge in [-0.05, 0) is 44.9 Å². The van der Waals surface area contributed by atoms with E-state index in [1.54, 1.807) is 0 Å². The van der Waals surface area contributed by atoms with Gasteiger partial charge in [0.05, 0.1) is 5.88 Å². The molecule has 0 saturated carbocycles. The number of allylic oxidation sites excluding steroid dienone is 5. The molecule has 0 aromatic carbocycles. The van der Waals surface area contributed by atoms with Gasteiger partial charge >= 0.3 is 0 Å². The van der Waals surface area contributed by atoms with Crippen molar-refractivity contribution in [3.8, 4) is 0 Å². The third-order valence-corrected chi connectivity index (χ3v) is 2.56. The SMILES string of the molecule is C/C=C(/CC)C(=C=C/C=C(\C)NCC)CCl. The Morgan fingerprint density at radius 2 is 2.06 bits per heavy atom. The molecule has 0 aliphatic rings. The molecule has 0 aromatic rings. The van der Waals surface area contributed by atoms with Gasteiger partial charge in [0, 0.05) is 17.8 Å². The van der Waals surface area contributed by atoms with Crippen molar-refractivity contribution in [3.63, 3.8) is 0 Å². The summed E-state index contributed by atoms with van der Waals surface area (Å²) in [7, 11) is 0. The molecule has 0 rings (SSSR count). The van der Waals surface area contributed by atoms with Gasteiger partial charge in [-0.2, -0.15) is 0 Å². The average molecular weight is 240 g/mol. The first-order valence-corrected chi connectivity index (χ1v) is 6.30. The van der Waals surface area contributed by atoms with E-state index in [2.05, 4.69) is 31.0 Å². The zero-order valence-electron chi connectivity index (χ0n) is 10.7. The molecule has 0 radical (unpaired) electrons. The molecule has 0 amide bonds. The second-order valence-corrected chi connectivity index (χ2v) is 3.74. The molecule has 0 aliphatic heterocycles. The van der Waals surface area contributed by atoms with Gasteiger partial charge in [-0.15, -0.1) is 17.3 Å². The highest BCUT2D eigenvalue weighted by Crippen LogP contribution is 2.13. The zero-order chi connectivity index (χ0) is 12.4. The summed E-state index contributed by atoms with van der Waals surface area (Å²) in [5.41, 5.74) is 6.72. The van der Waals surface area contributed by atoms with Crippen LogP contribution in [0, 0.1) is 0 Å². The third-order valence-electron chi connectivity index (χ3n) is 2.30. The van der Waals surface area contributed by atoms with Crippen LogP contribution in [0.15, 0.2) is 40.8 Å². The first-order valence-electron chi connectivity index (χ1n) is 5.77.